The minimum atomic E-state index is 0.161. The second-order valence-corrected chi connectivity index (χ2v) is 6.02. The lowest BCUT2D eigenvalue weighted by Gasteiger charge is -2.37. The number of anilines is 1. The summed E-state index contributed by atoms with van der Waals surface area (Å²) in [6.45, 7) is 6.67. The summed E-state index contributed by atoms with van der Waals surface area (Å²) in [7, 11) is 0. The molecule has 0 bridgehead atoms. The number of aromatic nitrogens is 2. The highest BCUT2D eigenvalue weighted by atomic mass is 16.4. The van der Waals surface area contributed by atoms with Crippen molar-refractivity contribution in [1.82, 2.24) is 15.5 Å². The van der Waals surface area contributed by atoms with Gasteiger partial charge in [-0.05, 0) is 18.3 Å². The highest BCUT2D eigenvalue weighted by molar-refractivity contribution is 5.79. The van der Waals surface area contributed by atoms with Crippen LogP contribution in [0.15, 0.2) is 4.42 Å². The van der Waals surface area contributed by atoms with Gasteiger partial charge in [-0.1, -0.05) is 18.9 Å². The average Bonchev–Trinajstić information content (AvgIpc) is 2.99. The van der Waals surface area contributed by atoms with E-state index in [2.05, 4.69) is 20.4 Å². The Labute approximate surface area is 112 Å². The smallest absolute Gasteiger partial charge is 0.318 e. The second kappa shape index (κ2) is 4.51. The molecule has 1 spiro atoms. The van der Waals surface area contributed by atoms with Gasteiger partial charge in [-0.3, -0.25) is 4.79 Å². The maximum Gasteiger partial charge on any atom is 0.318 e. The molecule has 0 aromatic carbocycles. The summed E-state index contributed by atoms with van der Waals surface area (Å²) in [5.74, 6) is 1.13. The number of hydrogen-bond acceptors (Lipinski definition) is 5. The minimum Gasteiger partial charge on any atom is -0.408 e. The van der Waals surface area contributed by atoms with E-state index in [4.69, 9.17) is 4.42 Å². The number of piperidine rings is 1. The monoisotopic (exact) mass is 264 g/mol. The molecular weight excluding hydrogens is 244 g/mol. The Hall–Kier alpha value is -1.59. The molecule has 3 rings (SSSR count). The lowest BCUT2D eigenvalue weighted by atomic mass is 9.78. The zero-order valence-electron chi connectivity index (χ0n) is 11.5. The second-order valence-electron chi connectivity index (χ2n) is 6.02. The summed E-state index contributed by atoms with van der Waals surface area (Å²) in [6.07, 6.45) is 2.68. The van der Waals surface area contributed by atoms with E-state index in [9.17, 15) is 4.79 Å². The molecule has 19 heavy (non-hydrogen) atoms. The lowest BCUT2D eigenvalue weighted by molar-refractivity contribution is -0.119. The summed E-state index contributed by atoms with van der Waals surface area (Å²) in [6, 6.07) is 0.621. The van der Waals surface area contributed by atoms with E-state index in [1.807, 2.05) is 13.8 Å². The molecular formula is C13H20N4O2. The van der Waals surface area contributed by atoms with E-state index >= 15 is 0 Å². The number of nitrogens with one attached hydrogen (secondary N) is 1. The predicted molar refractivity (Wildman–Crippen MR) is 69.9 cm³/mol. The molecule has 1 amide bonds. The van der Waals surface area contributed by atoms with Gasteiger partial charge in [0.05, 0.1) is 0 Å². The van der Waals surface area contributed by atoms with Crippen LogP contribution in [0.3, 0.4) is 0 Å². The Morgan fingerprint density at radius 1 is 1.32 bits per heavy atom. The van der Waals surface area contributed by atoms with Gasteiger partial charge in [0.2, 0.25) is 11.8 Å². The van der Waals surface area contributed by atoms with E-state index < -0.39 is 0 Å². The molecule has 0 atom stereocenters. The van der Waals surface area contributed by atoms with Gasteiger partial charge >= 0.3 is 6.01 Å². The predicted octanol–water partition coefficient (Wildman–Crippen LogP) is 1.30. The van der Waals surface area contributed by atoms with Crippen LogP contribution in [0.1, 0.15) is 44.9 Å². The fourth-order valence-corrected chi connectivity index (χ4v) is 2.87. The van der Waals surface area contributed by atoms with Crippen LogP contribution >= 0.6 is 0 Å². The molecule has 1 aromatic rings. The summed E-state index contributed by atoms with van der Waals surface area (Å²) < 4.78 is 5.68. The molecule has 0 radical (unpaired) electrons. The quantitative estimate of drug-likeness (QED) is 0.871. The van der Waals surface area contributed by atoms with Gasteiger partial charge in [0, 0.05) is 32.0 Å². The fraction of sp³-hybridized carbons (Fsp3) is 0.769. The molecule has 2 aliphatic rings. The molecule has 2 fully saturated rings. The molecule has 0 saturated carbocycles. The third-order valence-electron chi connectivity index (χ3n) is 4.21. The van der Waals surface area contributed by atoms with E-state index in [0.29, 0.717) is 18.3 Å². The largest absolute Gasteiger partial charge is 0.408 e. The van der Waals surface area contributed by atoms with E-state index in [1.165, 1.54) is 0 Å². The van der Waals surface area contributed by atoms with Crippen molar-refractivity contribution in [3.63, 3.8) is 0 Å². The number of rotatable bonds is 2. The first-order valence-corrected chi connectivity index (χ1v) is 6.93. The third-order valence-corrected chi connectivity index (χ3v) is 4.21. The lowest BCUT2D eigenvalue weighted by Crippen LogP contribution is -2.41. The average molecular weight is 264 g/mol. The Bertz CT molecular complexity index is 475. The summed E-state index contributed by atoms with van der Waals surface area (Å²) in [5.41, 5.74) is 0.161. The van der Waals surface area contributed by atoms with Crippen LogP contribution in [0, 0.1) is 5.41 Å². The number of nitrogens with zero attached hydrogens (tertiary/aromatic N) is 3. The van der Waals surface area contributed by atoms with Crippen LogP contribution in [0.4, 0.5) is 6.01 Å². The molecule has 0 unspecified atom stereocenters. The van der Waals surface area contributed by atoms with Gasteiger partial charge in [0.1, 0.15) is 0 Å². The Morgan fingerprint density at radius 3 is 2.58 bits per heavy atom. The number of hydrogen-bond donors (Lipinski definition) is 1. The zero-order chi connectivity index (χ0) is 13.5. The maximum atomic E-state index is 11.4. The van der Waals surface area contributed by atoms with Crippen LogP contribution in [0.5, 0.6) is 0 Å². The number of amides is 1. The minimum absolute atomic E-state index is 0.161. The van der Waals surface area contributed by atoms with Crippen molar-refractivity contribution in [2.45, 2.75) is 39.0 Å². The Morgan fingerprint density at radius 2 is 2.05 bits per heavy atom. The van der Waals surface area contributed by atoms with Gasteiger partial charge in [-0.15, -0.1) is 5.10 Å². The SMILES string of the molecule is CC(C)c1nnc(N2CCC3(CC2)CNC(=O)C3)o1. The normalized spacial score (nSPS) is 22.3. The standard InChI is InChI=1S/C13H20N4O2/c1-9(2)11-15-16-12(19-11)17-5-3-13(4-6-17)7-10(18)14-8-13/h9H,3-8H2,1-2H3,(H,14,18). The number of carbonyl (C=O) groups excluding carboxylic acids is 1. The van der Waals surface area contributed by atoms with Crippen molar-refractivity contribution in [2.75, 3.05) is 24.5 Å². The van der Waals surface area contributed by atoms with E-state index in [0.717, 1.165) is 32.5 Å². The maximum absolute atomic E-state index is 11.4. The molecule has 2 aliphatic heterocycles. The van der Waals surface area contributed by atoms with Crippen molar-refractivity contribution >= 4 is 11.9 Å². The molecule has 1 N–H and O–H groups in total. The van der Waals surface area contributed by atoms with Crippen LogP contribution in [-0.4, -0.2) is 35.7 Å². The van der Waals surface area contributed by atoms with Crippen molar-refractivity contribution in [2.24, 2.45) is 5.41 Å². The van der Waals surface area contributed by atoms with Crippen molar-refractivity contribution in [3.8, 4) is 0 Å². The van der Waals surface area contributed by atoms with Gasteiger partial charge in [-0.2, -0.15) is 0 Å². The Balaban J connectivity index is 1.65. The summed E-state index contributed by atoms with van der Waals surface area (Å²) in [5, 5.41) is 11.1. The van der Waals surface area contributed by atoms with Gasteiger partial charge in [-0.25, -0.2) is 0 Å². The van der Waals surface area contributed by atoms with Crippen LogP contribution in [0.2, 0.25) is 0 Å². The van der Waals surface area contributed by atoms with Crippen LogP contribution in [0.25, 0.3) is 0 Å². The molecule has 3 heterocycles. The molecule has 2 saturated heterocycles. The van der Waals surface area contributed by atoms with Gasteiger partial charge in [0.25, 0.3) is 0 Å². The number of carbonyl (C=O) groups is 1. The Kier molecular flexibility index (Phi) is 2.95. The van der Waals surface area contributed by atoms with Crippen molar-refractivity contribution in [3.05, 3.63) is 5.89 Å². The third kappa shape index (κ3) is 2.31. The molecule has 104 valence electrons. The molecule has 0 aliphatic carbocycles. The van der Waals surface area contributed by atoms with Crippen LogP contribution < -0.4 is 10.2 Å². The zero-order valence-corrected chi connectivity index (χ0v) is 11.5. The molecule has 6 heteroatoms. The van der Waals surface area contributed by atoms with Gasteiger partial charge < -0.3 is 14.6 Å². The first-order chi connectivity index (χ1) is 9.08. The van der Waals surface area contributed by atoms with Crippen LogP contribution in [-0.2, 0) is 4.79 Å². The van der Waals surface area contributed by atoms with Crippen molar-refractivity contribution < 1.29 is 9.21 Å². The van der Waals surface area contributed by atoms with E-state index in [-0.39, 0.29) is 17.2 Å². The summed E-state index contributed by atoms with van der Waals surface area (Å²) >= 11 is 0. The first-order valence-electron chi connectivity index (χ1n) is 6.93. The topological polar surface area (TPSA) is 71.3 Å². The summed E-state index contributed by atoms with van der Waals surface area (Å²) in [4.78, 5) is 13.5. The fourth-order valence-electron chi connectivity index (χ4n) is 2.87. The first kappa shape index (κ1) is 12.4. The van der Waals surface area contributed by atoms with E-state index in [1.54, 1.807) is 0 Å². The highest BCUT2D eigenvalue weighted by Gasteiger charge is 2.41. The highest BCUT2D eigenvalue weighted by Crippen LogP contribution is 2.38. The van der Waals surface area contributed by atoms with Crippen molar-refractivity contribution in [1.29, 1.82) is 0 Å². The molecule has 6 nitrogen and oxygen atoms in total. The van der Waals surface area contributed by atoms with Gasteiger partial charge in [0.15, 0.2) is 0 Å². The molecule has 1 aromatic heterocycles.